The summed E-state index contributed by atoms with van der Waals surface area (Å²) in [7, 11) is 0. The highest BCUT2D eigenvalue weighted by Gasteiger charge is 2.35. The summed E-state index contributed by atoms with van der Waals surface area (Å²) in [6, 6.07) is 6.89. The van der Waals surface area contributed by atoms with Crippen molar-refractivity contribution in [1.82, 2.24) is 4.57 Å². The number of aromatic nitrogens is 1. The van der Waals surface area contributed by atoms with Crippen LogP contribution in [0.3, 0.4) is 0 Å². The monoisotopic (exact) mass is 376 g/mol. The highest BCUT2D eigenvalue weighted by Crippen LogP contribution is 2.34. The molecule has 1 aliphatic rings. The lowest BCUT2D eigenvalue weighted by Crippen LogP contribution is -2.25. The second kappa shape index (κ2) is 6.79. The van der Waals surface area contributed by atoms with Gasteiger partial charge in [0.05, 0.1) is 11.3 Å². The fourth-order valence-electron chi connectivity index (χ4n) is 2.72. The highest BCUT2D eigenvalue weighted by atomic mass is 19.4. The molecule has 0 aliphatic heterocycles. The van der Waals surface area contributed by atoms with Crippen LogP contribution in [0.25, 0.3) is 10.9 Å². The lowest BCUT2D eigenvalue weighted by Gasteiger charge is -2.08. The molecule has 2 aromatic rings. The van der Waals surface area contributed by atoms with E-state index in [1.54, 1.807) is 18.3 Å². The molecule has 3 rings (SSSR count). The van der Waals surface area contributed by atoms with Crippen LogP contribution in [0.5, 0.6) is 0 Å². The fourth-order valence-corrected chi connectivity index (χ4v) is 2.72. The summed E-state index contributed by atoms with van der Waals surface area (Å²) in [4.78, 5) is 14.9. The van der Waals surface area contributed by atoms with Crippen molar-refractivity contribution in [2.75, 3.05) is 0 Å². The van der Waals surface area contributed by atoms with Crippen LogP contribution in [-0.4, -0.2) is 28.0 Å². The lowest BCUT2D eigenvalue weighted by molar-refractivity contribution is -0.133. The first kappa shape index (κ1) is 18.5. The number of hydrogen-bond acceptors (Lipinski definition) is 4. The van der Waals surface area contributed by atoms with Crippen LogP contribution in [0.4, 0.5) is 18.9 Å². The molecule has 1 fully saturated rings. The summed E-state index contributed by atoms with van der Waals surface area (Å²) in [5.41, 5.74) is 3.48. The van der Waals surface area contributed by atoms with Crippen LogP contribution in [-0.2, 0) is 11.3 Å². The SMILES string of the molecule is N#Cc1cn(CC2CC2)c2ccc(N=CC(C(=O)O)=C(N)C(F)(F)F)cc12. The molecule has 1 saturated carbocycles. The van der Waals surface area contributed by atoms with Gasteiger partial charge in [-0.3, -0.25) is 4.99 Å². The van der Waals surface area contributed by atoms with Crippen LogP contribution in [0.1, 0.15) is 18.4 Å². The van der Waals surface area contributed by atoms with Crippen molar-refractivity contribution in [3.05, 3.63) is 41.2 Å². The number of allylic oxidation sites excluding steroid dienone is 1. The molecule has 1 aromatic heterocycles. The first-order valence-corrected chi connectivity index (χ1v) is 8.08. The number of carboxylic acid groups (broad SMARTS) is 1. The van der Waals surface area contributed by atoms with Crippen molar-refractivity contribution in [3.8, 4) is 6.07 Å². The molecule has 6 nitrogen and oxygen atoms in total. The molecule has 140 valence electrons. The molecule has 27 heavy (non-hydrogen) atoms. The molecule has 1 heterocycles. The molecule has 0 radical (unpaired) electrons. The Kier molecular flexibility index (Phi) is 4.66. The summed E-state index contributed by atoms with van der Waals surface area (Å²) in [5, 5.41) is 18.9. The van der Waals surface area contributed by atoms with E-state index in [0.29, 0.717) is 23.1 Å². The molecular weight excluding hydrogens is 361 g/mol. The third kappa shape index (κ3) is 3.95. The van der Waals surface area contributed by atoms with Crippen molar-refractivity contribution >= 4 is 28.8 Å². The van der Waals surface area contributed by atoms with Crippen LogP contribution in [0, 0.1) is 17.2 Å². The topological polar surface area (TPSA) is 104 Å². The zero-order valence-corrected chi connectivity index (χ0v) is 14.0. The standard InChI is InChI=1S/C18H15F3N4O2/c19-18(20,21)16(23)14(17(26)27)7-24-12-3-4-15-13(5-12)11(6-22)9-25(15)8-10-1-2-10/h3-5,7,9-10H,1-2,8,23H2,(H,26,27). The summed E-state index contributed by atoms with van der Waals surface area (Å²) >= 11 is 0. The number of carboxylic acids is 1. The first-order chi connectivity index (χ1) is 12.7. The molecule has 0 saturated heterocycles. The highest BCUT2D eigenvalue weighted by molar-refractivity contribution is 6.10. The Morgan fingerprint density at radius 2 is 2.15 bits per heavy atom. The third-order valence-electron chi connectivity index (χ3n) is 4.31. The molecular formula is C18H15F3N4O2. The number of benzene rings is 1. The van der Waals surface area contributed by atoms with Crippen molar-refractivity contribution in [1.29, 1.82) is 5.26 Å². The summed E-state index contributed by atoms with van der Waals surface area (Å²) in [5.74, 6) is -1.23. The number of aliphatic imine (C=N–C) groups is 1. The molecule has 1 aromatic carbocycles. The number of carbonyl (C=O) groups is 1. The van der Waals surface area contributed by atoms with Gasteiger partial charge >= 0.3 is 12.1 Å². The van der Waals surface area contributed by atoms with Crippen molar-refractivity contribution in [2.45, 2.75) is 25.6 Å². The number of nitrogens with two attached hydrogens (primary N) is 1. The lowest BCUT2D eigenvalue weighted by atomic mass is 10.1. The van der Waals surface area contributed by atoms with Gasteiger partial charge in [-0.25, -0.2) is 4.79 Å². The smallest absolute Gasteiger partial charge is 0.431 e. The maximum Gasteiger partial charge on any atom is 0.431 e. The Morgan fingerprint density at radius 3 is 2.70 bits per heavy atom. The molecule has 0 spiro atoms. The number of aliphatic carboxylic acids is 1. The van der Waals surface area contributed by atoms with Gasteiger partial charge in [0.1, 0.15) is 17.3 Å². The van der Waals surface area contributed by atoms with Crippen LogP contribution in [0.15, 0.2) is 40.7 Å². The van der Waals surface area contributed by atoms with Gasteiger partial charge in [0.2, 0.25) is 0 Å². The molecule has 1 aliphatic carbocycles. The van der Waals surface area contributed by atoms with Crippen molar-refractivity contribution < 1.29 is 23.1 Å². The Bertz CT molecular complexity index is 1010. The minimum Gasteiger partial charge on any atom is -0.478 e. The molecule has 3 N–H and O–H groups in total. The number of nitrogens with zero attached hydrogens (tertiary/aromatic N) is 3. The van der Waals surface area contributed by atoms with E-state index in [1.165, 1.54) is 6.07 Å². The zero-order chi connectivity index (χ0) is 19.8. The van der Waals surface area contributed by atoms with E-state index in [2.05, 4.69) is 11.1 Å². The van der Waals surface area contributed by atoms with E-state index in [4.69, 9.17) is 10.8 Å². The average Bonchev–Trinajstić information content (AvgIpc) is 3.34. The Labute approximate surface area is 152 Å². The molecule has 0 unspecified atom stereocenters. The fraction of sp³-hybridized carbons (Fsp3) is 0.278. The van der Waals surface area contributed by atoms with Gasteiger partial charge in [-0.05, 0) is 37.0 Å². The Morgan fingerprint density at radius 1 is 1.44 bits per heavy atom. The number of hydrogen-bond donors (Lipinski definition) is 2. The number of halogens is 3. The summed E-state index contributed by atoms with van der Waals surface area (Å²) in [6.07, 6.45) is -0.373. The van der Waals surface area contributed by atoms with E-state index >= 15 is 0 Å². The summed E-state index contributed by atoms with van der Waals surface area (Å²) < 4.78 is 39.9. The van der Waals surface area contributed by atoms with Gasteiger partial charge in [-0.15, -0.1) is 0 Å². The van der Waals surface area contributed by atoms with Crippen LogP contribution in [0.2, 0.25) is 0 Å². The van der Waals surface area contributed by atoms with E-state index in [-0.39, 0.29) is 5.69 Å². The van der Waals surface area contributed by atoms with Gasteiger partial charge in [-0.2, -0.15) is 18.4 Å². The summed E-state index contributed by atoms with van der Waals surface area (Å²) in [6.45, 7) is 0.800. The molecule has 9 heteroatoms. The number of nitriles is 1. The maximum atomic E-state index is 12.7. The van der Waals surface area contributed by atoms with Gasteiger partial charge in [0, 0.05) is 29.9 Å². The normalized spacial score (nSPS) is 15.8. The second-order valence-corrected chi connectivity index (χ2v) is 6.34. The van der Waals surface area contributed by atoms with E-state index in [0.717, 1.165) is 24.9 Å². The molecule has 0 amide bonds. The van der Waals surface area contributed by atoms with Crippen LogP contribution < -0.4 is 5.73 Å². The molecule has 0 bridgehead atoms. The second-order valence-electron chi connectivity index (χ2n) is 6.34. The molecule has 0 atom stereocenters. The largest absolute Gasteiger partial charge is 0.478 e. The quantitative estimate of drug-likeness (QED) is 0.616. The Balaban J connectivity index is 1.98. The van der Waals surface area contributed by atoms with Crippen molar-refractivity contribution in [3.63, 3.8) is 0 Å². The predicted octanol–water partition coefficient (Wildman–Crippen LogP) is 3.48. The minimum absolute atomic E-state index is 0.219. The maximum absolute atomic E-state index is 12.7. The number of alkyl halides is 3. The van der Waals surface area contributed by atoms with Gasteiger partial charge in [0.15, 0.2) is 0 Å². The van der Waals surface area contributed by atoms with E-state index < -0.39 is 23.4 Å². The first-order valence-electron chi connectivity index (χ1n) is 8.08. The van der Waals surface area contributed by atoms with Gasteiger partial charge in [-0.1, -0.05) is 0 Å². The zero-order valence-electron chi connectivity index (χ0n) is 14.0. The average molecular weight is 376 g/mol. The predicted molar refractivity (Wildman–Crippen MR) is 92.4 cm³/mol. The van der Waals surface area contributed by atoms with Crippen molar-refractivity contribution in [2.24, 2.45) is 16.6 Å². The van der Waals surface area contributed by atoms with E-state index in [1.807, 2.05) is 4.57 Å². The number of fused-ring (bicyclic) bond motifs is 1. The number of rotatable bonds is 5. The van der Waals surface area contributed by atoms with Gasteiger partial charge < -0.3 is 15.4 Å². The van der Waals surface area contributed by atoms with Gasteiger partial charge in [0.25, 0.3) is 0 Å². The minimum atomic E-state index is -4.97. The van der Waals surface area contributed by atoms with Crippen LogP contribution >= 0.6 is 0 Å². The Hall–Kier alpha value is -3.28. The van der Waals surface area contributed by atoms with E-state index in [9.17, 15) is 23.2 Å². The third-order valence-corrected chi connectivity index (χ3v) is 4.31.